The monoisotopic (exact) mass is 204 g/mol. The molecule has 0 saturated heterocycles. The Hall–Kier alpha value is -1.35. The first-order valence-electron chi connectivity index (χ1n) is 4.49. The summed E-state index contributed by atoms with van der Waals surface area (Å²) in [6.07, 6.45) is 2.76. The number of fused-ring (bicyclic) bond motifs is 1. The standard InChI is InChI=1S/C11H12N2S/c1-13-7-8(6-11(12)14)9-4-2-3-5-10(9)13/h2-5,7H,6H2,1H3,(H2,12,14). The van der Waals surface area contributed by atoms with Crippen LogP contribution in [0.2, 0.25) is 0 Å². The molecule has 0 aliphatic heterocycles. The average Bonchev–Trinajstić information content (AvgIpc) is 2.44. The molecule has 2 nitrogen and oxygen atoms in total. The van der Waals surface area contributed by atoms with Crippen LogP contribution in [0.15, 0.2) is 30.5 Å². The Morgan fingerprint density at radius 1 is 1.43 bits per heavy atom. The van der Waals surface area contributed by atoms with Crippen molar-refractivity contribution in [2.45, 2.75) is 6.42 Å². The first-order valence-corrected chi connectivity index (χ1v) is 4.90. The molecule has 0 spiro atoms. The van der Waals surface area contributed by atoms with Gasteiger partial charge < -0.3 is 10.3 Å². The second kappa shape index (κ2) is 3.42. The summed E-state index contributed by atoms with van der Waals surface area (Å²) < 4.78 is 2.10. The SMILES string of the molecule is Cn1cc(CC(N)=S)c2ccccc21. The van der Waals surface area contributed by atoms with Gasteiger partial charge in [-0.25, -0.2) is 0 Å². The number of para-hydroxylation sites is 1. The number of nitrogens with two attached hydrogens (primary N) is 1. The lowest BCUT2D eigenvalue weighted by atomic mass is 10.1. The Labute approximate surface area is 88.3 Å². The number of benzene rings is 1. The van der Waals surface area contributed by atoms with Crippen LogP contribution in [0.3, 0.4) is 0 Å². The van der Waals surface area contributed by atoms with Crippen LogP contribution in [0.1, 0.15) is 5.56 Å². The maximum absolute atomic E-state index is 5.55. The van der Waals surface area contributed by atoms with E-state index < -0.39 is 0 Å². The minimum absolute atomic E-state index is 0.543. The van der Waals surface area contributed by atoms with Gasteiger partial charge in [-0.05, 0) is 11.6 Å². The number of aromatic nitrogens is 1. The van der Waals surface area contributed by atoms with Gasteiger partial charge in [-0.2, -0.15) is 0 Å². The predicted octanol–water partition coefficient (Wildman–Crippen LogP) is 2.01. The van der Waals surface area contributed by atoms with E-state index in [0.717, 1.165) is 0 Å². The highest BCUT2D eigenvalue weighted by atomic mass is 32.1. The van der Waals surface area contributed by atoms with E-state index in [9.17, 15) is 0 Å². The molecule has 2 N–H and O–H groups in total. The highest BCUT2D eigenvalue weighted by Crippen LogP contribution is 2.20. The van der Waals surface area contributed by atoms with Gasteiger partial charge in [-0.3, -0.25) is 0 Å². The highest BCUT2D eigenvalue weighted by Gasteiger charge is 2.05. The number of aryl methyl sites for hydroxylation is 1. The molecule has 0 aliphatic carbocycles. The molecule has 0 radical (unpaired) electrons. The van der Waals surface area contributed by atoms with E-state index in [-0.39, 0.29) is 0 Å². The Balaban J connectivity index is 2.60. The average molecular weight is 204 g/mol. The second-order valence-corrected chi connectivity index (χ2v) is 3.95. The molecule has 0 fully saturated rings. The fourth-order valence-corrected chi connectivity index (χ4v) is 1.91. The quantitative estimate of drug-likeness (QED) is 0.759. The molecule has 0 aliphatic rings. The molecule has 3 heteroatoms. The van der Waals surface area contributed by atoms with E-state index >= 15 is 0 Å². The van der Waals surface area contributed by atoms with Crippen molar-refractivity contribution in [2.75, 3.05) is 0 Å². The van der Waals surface area contributed by atoms with Gasteiger partial charge in [0.1, 0.15) is 0 Å². The lowest BCUT2D eigenvalue weighted by molar-refractivity contribution is 0.961. The zero-order chi connectivity index (χ0) is 10.1. The Bertz CT molecular complexity index is 485. The molecule has 1 aromatic heterocycles. The van der Waals surface area contributed by atoms with Crippen LogP contribution in [0.4, 0.5) is 0 Å². The molecule has 72 valence electrons. The molecule has 0 unspecified atom stereocenters. The van der Waals surface area contributed by atoms with Crippen molar-refractivity contribution < 1.29 is 0 Å². The highest BCUT2D eigenvalue weighted by molar-refractivity contribution is 7.80. The third-order valence-corrected chi connectivity index (χ3v) is 2.49. The van der Waals surface area contributed by atoms with Gasteiger partial charge in [-0.15, -0.1) is 0 Å². The molecule has 1 heterocycles. The van der Waals surface area contributed by atoms with E-state index in [0.29, 0.717) is 11.4 Å². The minimum Gasteiger partial charge on any atom is -0.393 e. The Morgan fingerprint density at radius 2 is 2.14 bits per heavy atom. The molecule has 0 saturated carbocycles. The number of thiocarbonyl (C=S) groups is 1. The van der Waals surface area contributed by atoms with Crippen LogP contribution in [-0.2, 0) is 13.5 Å². The minimum atomic E-state index is 0.543. The number of hydrogen-bond donors (Lipinski definition) is 1. The smallest absolute Gasteiger partial charge is 0.0772 e. The number of nitrogens with zero attached hydrogens (tertiary/aromatic N) is 1. The molecule has 2 aromatic rings. The summed E-state index contributed by atoms with van der Waals surface area (Å²) in [4.78, 5) is 0.543. The molecule has 0 bridgehead atoms. The van der Waals surface area contributed by atoms with Gasteiger partial charge in [0.25, 0.3) is 0 Å². The van der Waals surface area contributed by atoms with Crippen molar-refractivity contribution in [2.24, 2.45) is 12.8 Å². The first kappa shape index (κ1) is 9.21. The van der Waals surface area contributed by atoms with Crippen molar-refractivity contribution in [1.82, 2.24) is 4.57 Å². The summed E-state index contributed by atoms with van der Waals surface area (Å²) in [5.41, 5.74) is 7.97. The maximum Gasteiger partial charge on any atom is 0.0772 e. The second-order valence-electron chi connectivity index (χ2n) is 3.43. The lowest BCUT2D eigenvalue weighted by Gasteiger charge is -1.95. The largest absolute Gasteiger partial charge is 0.393 e. The van der Waals surface area contributed by atoms with Crippen molar-refractivity contribution in [1.29, 1.82) is 0 Å². The summed E-state index contributed by atoms with van der Waals surface area (Å²) in [5.74, 6) is 0. The van der Waals surface area contributed by atoms with Crippen LogP contribution < -0.4 is 5.73 Å². The van der Waals surface area contributed by atoms with Gasteiger partial charge in [0.05, 0.1) is 4.99 Å². The third kappa shape index (κ3) is 1.51. The Kier molecular flexibility index (Phi) is 2.25. The molecule has 0 amide bonds. The van der Waals surface area contributed by atoms with E-state index in [4.69, 9.17) is 18.0 Å². The predicted molar refractivity (Wildman–Crippen MR) is 63.4 cm³/mol. The molecular formula is C11H12N2S. The van der Waals surface area contributed by atoms with Crippen LogP contribution in [0.5, 0.6) is 0 Å². The summed E-state index contributed by atoms with van der Waals surface area (Å²) in [5, 5.41) is 1.24. The van der Waals surface area contributed by atoms with Gasteiger partial charge in [0, 0.05) is 30.6 Å². The van der Waals surface area contributed by atoms with E-state index in [1.165, 1.54) is 16.5 Å². The van der Waals surface area contributed by atoms with Gasteiger partial charge in [0.2, 0.25) is 0 Å². The summed E-state index contributed by atoms with van der Waals surface area (Å²) in [7, 11) is 2.03. The lowest BCUT2D eigenvalue weighted by Crippen LogP contribution is -2.10. The zero-order valence-electron chi connectivity index (χ0n) is 8.03. The molecule has 2 rings (SSSR count). The van der Waals surface area contributed by atoms with Gasteiger partial charge >= 0.3 is 0 Å². The van der Waals surface area contributed by atoms with Gasteiger partial charge in [-0.1, -0.05) is 30.4 Å². The first-order chi connectivity index (χ1) is 6.68. The van der Waals surface area contributed by atoms with Crippen molar-refractivity contribution in [3.05, 3.63) is 36.0 Å². The van der Waals surface area contributed by atoms with Crippen molar-refractivity contribution in [3.63, 3.8) is 0 Å². The van der Waals surface area contributed by atoms with E-state index in [1.807, 2.05) is 19.2 Å². The van der Waals surface area contributed by atoms with Gasteiger partial charge in [0.15, 0.2) is 0 Å². The van der Waals surface area contributed by atoms with Crippen molar-refractivity contribution >= 4 is 28.1 Å². The third-order valence-electron chi connectivity index (χ3n) is 2.34. The maximum atomic E-state index is 5.55. The normalized spacial score (nSPS) is 10.6. The summed E-state index contributed by atoms with van der Waals surface area (Å²) in [6.45, 7) is 0. The fraction of sp³-hybridized carbons (Fsp3) is 0.182. The Morgan fingerprint density at radius 3 is 2.86 bits per heavy atom. The summed E-state index contributed by atoms with van der Waals surface area (Å²) in [6, 6.07) is 8.26. The van der Waals surface area contributed by atoms with Crippen molar-refractivity contribution in [3.8, 4) is 0 Å². The van der Waals surface area contributed by atoms with Crippen LogP contribution in [0.25, 0.3) is 10.9 Å². The summed E-state index contributed by atoms with van der Waals surface area (Å²) >= 11 is 4.92. The molecule has 14 heavy (non-hydrogen) atoms. The topological polar surface area (TPSA) is 30.9 Å². The van der Waals surface area contributed by atoms with E-state index in [2.05, 4.69) is 22.9 Å². The molecule has 1 aromatic carbocycles. The van der Waals surface area contributed by atoms with Crippen LogP contribution in [0, 0.1) is 0 Å². The van der Waals surface area contributed by atoms with E-state index in [1.54, 1.807) is 0 Å². The zero-order valence-corrected chi connectivity index (χ0v) is 8.84. The van der Waals surface area contributed by atoms with Crippen LogP contribution in [-0.4, -0.2) is 9.56 Å². The molecular weight excluding hydrogens is 192 g/mol. The fourth-order valence-electron chi connectivity index (χ4n) is 1.75. The van der Waals surface area contributed by atoms with Crippen LogP contribution >= 0.6 is 12.2 Å². The number of rotatable bonds is 2. The number of hydrogen-bond acceptors (Lipinski definition) is 1. The molecule has 0 atom stereocenters.